The number of nitrogens with zero attached hydrogens (tertiary/aromatic N) is 3. The van der Waals surface area contributed by atoms with Crippen LogP contribution in [0.15, 0.2) is 30.3 Å². The third-order valence-electron chi connectivity index (χ3n) is 4.42. The Kier molecular flexibility index (Phi) is 5.27. The smallest absolute Gasteiger partial charge is 0.226 e. The van der Waals surface area contributed by atoms with Gasteiger partial charge in [0.1, 0.15) is 6.54 Å². The van der Waals surface area contributed by atoms with Crippen LogP contribution in [0.5, 0.6) is 0 Å². The lowest BCUT2D eigenvalue weighted by Gasteiger charge is -2.33. The zero-order chi connectivity index (χ0) is 16.1. The standard InChI is InChI=1S/C18H23N3O2/c19-8-9-21(16-6-7-16)18(22)12-17-14-20(10-11-23-17)13-15-4-2-1-3-5-15/h1-5,16-17H,6-7,9-14H2/t17-/m1/s1. The highest BCUT2D eigenvalue weighted by Crippen LogP contribution is 2.27. The quantitative estimate of drug-likeness (QED) is 0.751. The first kappa shape index (κ1) is 16.0. The van der Waals surface area contributed by atoms with Crippen molar-refractivity contribution in [2.45, 2.75) is 38.0 Å². The van der Waals surface area contributed by atoms with Crippen molar-refractivity contribution in [2.75, 3.05) is 26.2 Å². The molecular formula is C18H23N3O2. The van der Waals surface area contributed by atoms with Crippen LogP contribution >= 0.6 is 0 Å². The Balaban J connectivity index is 1.52. The molecule has 1 aromatic rings. The number of benzene rings is 1. The highest BCUT2D eigenvalue weighted by Gasteiger charge is 2.34. The van der Waals surface area contributed by atoms with E-state index in [-0.39, 0.29) is 24.6 Å². The van der Waals surface area contributed by atoms with E-state index in [9.17, 15) is 4.79 Å². The molecule has 0 bridgehead atoms. The van der Waals surface area contributed by atoms with Gasteiger partial charge in [0.15, 0.2) is 0 Å². The molecule has 2 fully saturated rings. The van der Waals surface area contributed by atoms with E-state index in [4.69, 9.17) is 10.00 Å². The second-order valence-corrected chi connectivity index (χ2v) is 6.33. The molecule has 0 radical (unpaired) electrons. The van der Waals surface area contributed by atoms with Crippen molar-refractivity contribution in [2.24, 2.45) is 0 Å². The Morgan fingerprint density at radius 2 is 2.13 bits per heavy atom. The number of morpholine rings is 1. The fraction of sp³-hybridized carbons (Fsp3) is 0.556. The molecule has 0 N–H and O–H groups in total. The van der Waals surface area contributed by atoms with E-state index >= 15 is 0 Å². The minimum Gasteiger partial charge on any atom is -0.375 e. The Morgan fingerprint density at radius 1 is 1.35 bits per heavy atom. The SMILES string of the molecule is N#CCN(C(=O)C[C@@H]1CN(Cc2ccccc2)CCO1)C1CC1. The van der Waals surface area contributed by atoms with Gasteiger partial charge in [0.2, 0.25) is 5.91 Å². The van der Waals surface area contributed by atoms with Gasteiger partial charge in [-0.15, -0.1) is 0 Å². The van der Waals surface area contributed by atoms with Crippen molar-refractivity contribution < 1.29 is 9.53 Å². The molecule has 23 heavy (non-hydrogen) atoms. The lowest BCUT2D eigenvalue weighted by molar-refractivity contribution is -0.136. The van der Waals surface area contributed by atoms with E-state index in [0.29, 0.717) is 13.0 Å². The van der Waals surface area contributed by atoms with Crippen LogP contribution in [-0.4, -0.2) is 54.1 Å². The molecule has 1 heterocycles. The Morgan fingerprint density at radius 3 is 2.83 bits per heavy atom. The molecule has 1 saturated heterocycles. The molecule has 2 aliphatic rings. The normalized spacial score (nSPS) is 21.6. The lowest BCUT2D eigenvalue weighted by Crippen LogP contribution is -2.45. The summed E-state index contributed by atoms with van der Waals surface area (Å²) in [6.45, 7) is 3.41. The first-order chi connectivity index (χ1) is 11.3. The van der Waals surface area contributed by atoms with Crippen LogP contribution in [0.25, 0.3) is 0 Å². The monoisotopic (exact) mass is 313 g/mol. The Hall–Kier alpha value is -1.90. The molecule has 0 spiro atoms. The molecule has 0 unspecified atom stereocenters. The number of hydrogen-bond donors (Lipinski definition) is 0. The molecule has 1 aliphatic heterocycles. The summed E-state index contributed by atoms with van der Waals surface area (Å²) in [5.74, 6) is 0.0561. The maximum absolute atomic E-state index is 12.4. The molecule has 3 rings (SSSR count). The van der Waals surface area contributed by atoms with Crippen molar-refractivity contribution in [1.82, 2.24) is 9.80 Å². The van der Waals surface area contributed by atoms with E-state index in [1.807, 2.05) is 18.2 Å². The number of hydrogen-bond acceptors (Lipinski definition) is 4. The van der Waals surface area contributed by atoms with E-state index in [1.165, 1.54) is 5.56 Å². The predicted molar refractivity (Wildman–Crippen MR) is 86.4 cm³/mol. The van der Waals surface area contributed by atoms with Gasteiger partial charge in [0.25, 0.3) is 0 Å². The van der Waals surface area contributed by atoms with Crippen LogP contribution in [0.1, 0.15) is 24.8 Å². The number of ether oxygens (including phenoxy) is 1. The average Bonchev–Trinajstić information content (AvgIpc) is 3.38. The third-order valence-corrected chi connectivity index (χ3v) is 4.42. The summed E-state index contributed by atoms with van der Waals surface area (Å²) < 4.78 is 5.77. The first-order valence-corrected chi connectivity index (χ1v) is 8.30. The summed E-state index contributed by atoms with van der Waals surface area (Å²) >= 11 is 0. The van der Waals surface area contributed by atoms with Gasteiger partial charge in [-0.05, 0) is 18.4 Å². The average molecular weight is 313 g/mol. The van der Waals surface area contributed by atoms with Crippen LogP contribution in [0.4, 0.5) is 0 Å². The predicted octanol–water partition coefficient (Wildman–Crippen LogP) is 1.79. The molecular weight excluding hydrogens is 290 g/mol. The van der Waals surface area contributed by atoms with Gasteiger partial charge in [-0.2, -0.15) is 5.26 Å². The van der Waals surface area contributed by atoms with E-state index in [0.717, 1.165) is 32.5 Å². The van der Waals surface area contributed by atoms with E-state index in [2.05, 4.69) is 23.1 Å². The van der Waals surface area contributed by atoms with Crippen molar-refractivity contribution in [3.8, 4) is 6.07 Å². The van der Waals surface area contributed by atoms with E-state index in [1.54, 1.807) is 4.90 Å². The molecule has 1 amide bonds. The summed E-state index contributed by atoms with van der Waals surface area (Å²) in [6, 6.07) is 12.7. The second-order valence-electron chi connectivity index (χ2n) is 6.33. The molecule has 1 aliphatic carbocycles. The van der Waals surface area contributed by atoms with Gasteiger partial charge in [-0.3, -0.25) is 9.69 Å². The molecule has 5 heteroatoms. The van der Waals surface area contributed by atoms with Gasteiger partial charge < -0.3 is 9.64 Å². The van der Waals surface area contributed by atoms with Crippen molar-refractivity contribution in [1.29, 1.82) is 5.26 Å². The van der Waals surface area contributed by atoms with Gasteiger partial charge in [-0.25, -0.2) is 0 Å². The van der Waals surface area contributed by atoms with Crippen LogP contribution in [0.2, 0.25) is 0 Å². The molecule has 5 nitrogen and oxygen atoms in total. The van der Waals surface area contributed by atoms with Crippen molar-refractivity contribution in [3.63, 3.8) is 0 Å². The van der Waals surface area contributed by atoms with Gasteiger partial charge in [-0.1, -0.05) is 30.3 Å². The largest absolute Gasteiger partial charge is 0.375 e. The van der Waals surface area contributed by atoms with Crippen LogP contribution in [0.3, 0.4) is 0 Å². The van der Waals surface area contributed by atoms with Crippen LogP contribution < -0.4 is 0 Å². The maximum atomic E-state index is 12.4. The van der Waals surface area contributed by atoms with Gasteiger partial charge in [0, 0.05) is 25.7 Å². The Labute approximate surface area is 137 Å². The van der Waals surface area contributed by atoms with Crippen LogP contribution in [0, 0.1) is 11.3 Å². The van der Waals surface area contributed by atoms with Crippen molar-refractivity contribution >= 4 is 5.91 Å². The summed E-state index contributed by atoms with van der Waals surface area (Å²) in [4.78, 5) is 16.5. The van der Waals surface area contributed by atoms with Gasteiger partial charge >= 0.3 is 0 Å². The summed E-state index contributed by atoms with van der Waals surface area (Å²) in [5.41, 5.74) is 1.28. The summed E-state index contributed by atoms with van der Waals surface area (Å²) in [7, 11) is 0. The number of carbonyl (C=O) groups is 1. The minimum atomic E-state index is -0.0695. The highest BCUT2D eigenvalue weighted by molar-refractivity contribution is 5.77. The third kappa shape index (κ3) is 4.54. The number of carbonyl (C=O) groups excluding carboxylic acids is 1. The number of amides is 1. The molecule has 1 aromatic carbocycles. The zero-order valence-electron chi connectivity index (χ0n) is 13.4. The number of nitriles is 1. The lowest BCUT2D eigenvalue weighted by atomic mass is 10.1. The first-order valence-electron chi connectivity index (χ1n) is 8.30. The summed E-state index contributed by atoms with van der Waals surface area (Å²) in [6.07, 6.45) is 2.36. The fourth-order valence-corrected chi connectivity index (χ4v) is 3.08. The van der Waals surface area contributed by atoms with E-state index < -0.39 is 0 Å². The second kappa shape index (κ2) is 7.58. The number of rotatable bonds is 6. The van der Waals surface area contributed by atoms with Gasteiger partial charge in [0.05, 0.1) is 25.2 Å². The molecule has 122 valence electrons. The topological polar surface area (TPSA) is 56.6 Å². The highest BCUT2D eigenvalue weighted by atomic mass is 16.5. The fourth-order valence-electron chi connectivity index (χ4n) is 3.08. The zero-order valence-corrected chi connectivity index (χ0v) is 13.4. The maximum Gasteiger partial charge on any atom is 0.226 e. The summed E-state index contributed by atoms with van der Waals surface area (Å²) in [5, 5.41) is 8.89. The minimum absolute atomic E-state index is 0.0561. The van der Waals surface area contributed by atoms with Crippen LogP contribution in [-0.2, 0) is 16.1 Å². The Bertz CT molecular complexity index is 565. The van der Waals surface area contributed by atoms with Crippen molar-refractivity contribution in [3.05, 3.63) is 35.9 Å². The molecule has 1 saturated carbocycles. The molecule has 0 aromatic heterocycles. The molecule has 1 atom stereocenters.